The third-order valence-electron chi connectivity index (χ3n) is 5.29. The summed E-state index contributed by atoms with van der Waals surface area (Å²) in [6.07, 6.45) is 7.54. The summed E-state index contributed by atoms with van der Waals surface area (Å²) >= 11 is 23.9. The molecule has 2 aromatic rings. The van der Waals surface area contributed by atoms with E-state index >= 15 is 0 Å². The van der Waals surface area contributed by atoms with Crippen LogP contribution in [0.2, 0.25) is 15.1 Å². The molecule has 0 unspecified atom stereocenters. The number of anilines is 1. The standard InChI is InChI=1S/C20H22Cl3N3S/c1-13-16(22)11-24-18(17(13)23)26-19(27)25-12-20(9-3-2-4-10-20)14-5-7-15(21)8-6-14/h5-8,11H,2-4,9-10,12H2,1H3,(H2,24,25,26,27). The van der Waals surface area contributed by atoms with Gasteiger partial charge in [-0.1, -0.05) is 66.2 Å². The van der Waals surface area contributed by atoms with Gasteiger partial charge in [-0.3, -0.25) is 0 Å². The Kier molecular flexibility index (Phi) is 6.85. The van der Waals surface area contributed by atoms with Crippen LogP contribution in [0.5, 0.6) is 0 Å². The molecule has 1 fully saturated rings. The van der Waals surface area contributed by atoms with Gasteiger partial charge in [-0.25, -0.2) is 4.98 Å². The maximum absolute atomic E-state index is 6.32. The van der Waals surface area contributed by atoms with E-state index in [1.54, 1.807) is 6.20 Å². The number of pyridine rings is 1. The van der Waals surface area contributed by atoms with E-state index < -0.39 is 0 Å². The molecule has 144 valence electrons. The van der Waals surface area contributed by atoms with Gasteiger partial charge in [0.05, 0.1) is 10.0 Å². The second kappa shape index (κ2) is 8.95. The molecule has 0 atom stereocenters. The van der Waals surface area contributed by atoms with Crippen molar-refractivity contribution in [2.75, 3.05) is 11.9 Å². The lowest BCUT2D eigenvalue weighted by atomic mass is 9.69. The van der Waals surface area contributed by atoms with Gasteiger partial charge in [0.15, 0.2) is 10.9 Å². The van der Waals surface area contributed by atoms with Crippen molar-refractivity contribution in [3.63, 3.8) is 0 Å². The monoisotopic (exact) mass is 441 g/mol. The first-order valence-corrected chi connectivity index (χ1v) is 10.6. The molecule has 27 heavy (non-hydrogen) atoms. The summed E-state index contributed by atoms with van der Waals surface area (Å²) < 4.78 is 0. The van der Waals surface area contributed by atoms with E-state index in [4.69, 9.17) is 47.0 Å². The number of aromatic nitrogens is 1. The molecule has 0 saturated heterocycles. The molecular formula is C20H22Cl3N3S. The minimum Gasteiger partial charge on any atom is -0.362 e. The third-order valence-corrected chi connectivity index (χ3v) is 6.63. The molecule has 1 heterocycles. The Morgan fingerprint density at radius 1 is 1.11 bits per heavy atom. The SMILES string of the molecule is Cc1c(Cl)cnc(NC(=S)NCC2(c3ccc(Cl)cc3)CCCCC2)c1Cl. The quantitative estimate of drug-likeness (QED) is 0.527. The van der Waals surface area contributed by atoms with Crippen LogP contribution in [0.4, 0.5) is 5.82 Å². The van der Waals surface area contributed by atoms with Gasteiger partial charge in [0.25, 0.3) is 0 Å². The minimum atomic E-state index is 0.0573. The van der Waals surface area contributed by atoms with Crippen LogP contribution in [0.25, 0.3) is 0 Å². The molecule has 1 aliphatic rings. The summed E-state index contributed by atoms with van der Waals surface area (Å²) in [4.78, 5) is 4.24. The topological polar surface area (TPSA) is 37.0 Å². The van der Waals surface area contributed by atoms with Gasteiger partial charge >= 0.3 is 0 Å². The first kappa shape index (κ1) is 20.7. The Labute approximate surface area is 180 Å². The van der Waals surface area contributed by atoms with Crippen LogP contribution in [0.15, 0.2) is 30.5 Å². The minimum absolute atomic E-state index is 0.0573. The van der Waals surface area contributed by atoms with E-state index in [-0.39, 0.29) is 5.41 Å². The number of rotatable bonds is 4. The highest BCUT2D eigenvalue weighted by molar-refractivity contribution is 7.80. The smallest absolute Gasteiger partial charge is 0.172 e. The fraction of sp³-hybridized carbons (Fsp3) is 0.400. The fourth-order valence-electron chi connectivity index (χ4n) is 3.65. The molecule has 1 aliphatic carbocycles. The molecular weight excluding hydrogens is 421 g/mol. The molecule has 1 saturated carbocycles. The molecule has 7 heteroatoms. The average molecular weight is 443 g/mol. The lowest BCUT2D eigenvalue weighted by molar-refractivity contribution is 0.292. The van der Waals surface area contributed by atoms with Gasteiger partial charge in [0, 0.05) is 23.2 Å². The van der Waals surface area contributed by atoms with Crippen molar-refractivity contribution in [2.24, 2.45) is 0 Å². The normalized spacial score (nSPS) is 16.0. The molecule has 1 aromatic carbocycles. The summed E-state index contributed by atoms with van der Waals surface area (Å²) in [5.74, 6) is 0.514. The van der Waals surface area contributed by atoms with Crippen molar-refractivity contribution in [1.29, 1.82) is 0 Å². The molecule has 0 bridgehead atoms. The van der Waals surface area contributed by atoms with Gasteiger partial charge in [0.1, 0.15) is 0 Å². The first-order valence-electron chi connectivity index (χ1n) is 9.03. The van der Waals surface area contributed by atoms with Gasteiger partial charge < -0.3 is 10.6 Å². The number of hydrogen-bond acceptors (Lipinski definition) is 2. The van der Waals surface area contributed by atoms with Crippen molar-refractivity contribution < 1.29 is 0 Å². The summed E-state index contributed by atoms with van der Waals surface area (Å²) in [7, 11) is 0. The van der Waals surface area contributed by atoms with Gasteiger partial charge in [-0.15, -0.1) is 0 Å². The van der Waals surface area contributed by atoms with Gasteiger partial charge in [0.2, 0.25) is 0 Å². The Hall–Kier alpha value is -1.07. The molecule has 3 rings (SSSR count). The number of benzene rings is 1. The van der Waals surface area contributed by atoms with Crippen LogP contribution < -0.4 is 10.6 Å². The van der Waals surface area contributed by atoms with Crippen molar-refractivity contribution in [1.82, 2.24) is 10.3 Å². The van der Waals surface area contributed by atoms with Crippen molar-refractivity contribution in [2.45, 2.75) is 44.4 Å². The van der Waals surface area contributed by atoms with E-state index in [1.165, 1.54) is 24.8 Å². The highest BCUT2D eigenvalue weighted by Gasteiger charge is 2.34. The Balaban J connectivity index is 1.71. The lowest BCUT2D eigenvalue weighted by Crippen LogP contribution is -2.43. The number of nitrogens with zero attached hydrogens (tertiary/aromatic N) is 1. The largest absolute Gasteiger partial charge is 0.362 e. The maximum Gasteiger partial charge on any atom is 0.172 e. The highest BCUT2D eigenvalue weighted by Crippen LogP contribution is 2.39. The molecule has 0 radical (unpaired) electrons. The van der Waals surface area contributed by atoms with Crippen LogP contribution in [0, 0.1) is 6.92 Å². The fourth-order valence-corrected chi connectivity index (χ4v) is 4.33. The van der Waals surface area contributed by atoms with Crippen molar-refractivity contribution in [3.05, 3.63) is 56.7 Å². The number of halogens is 3. The molecule has 1 aromatic heterocycles. The van der Waals surface area contributed by atoms with E-state index in [2.05, 4.69) is 27.8 Å². The maximum atomic E-state index is 6.32. The summed E-state index contributed by atoms with van der Waals surface area (Å²) in [6, 6.07) is 8.19. The van der Waals surface area contributed by atoms with Crippen molar-refractivity contribution >= 4 is 58.0 Å². The summed E-state index contributed by atoms with van der Waals surface area (Å²) in [6.45, 7) is 2.61. The first-order chi connectivity index (χ1) is 12.9. The van der Waals surface area contributed by atoms with E-state index in [1.807, 2.05) is 19.1 Å². The molecule has 0 amide bonds. The molecule has 0 spiro atoms. The van der Waals surface area contributed by atoms with Crippen LogP contribution >= 0.6 is 47.0 Å². The van der Waals surface area contributed by atoms with Crippen LogP contribution in [0.3, 0.4) is 0 Å². The highest BCUT2D eigenvalue weighted by atomic mass is 35.5. The van der Waals surface area contributed by atoms with E-state index in [9.17, 15) is 0 Å². The van der Waals surface area contributed by atoms with E-state index in [0.717, 1.165) is 30.0 Å². The van der Waals surface area contributed by atoms with Crippen LogP contribution in [-0.4, -0.2) is 16.6 Å². The Bertz CT molecular complexity index is 818. The second-order valence-corrected chi connectivity index (χ2v) is 8.68. The van der Waals surface area contributed by atoms with Gasteiger partial charge in [-0.05, 0) is 55.2 Å². The molecule has 3 nitrogen and oxygen atoms in total. The summed E-state index contributed by atoms with van der Waals surface area (Å²) in [5, 5.41) is 8.75. The zero-order valence-electron chi connectivity index (χ0n) is 15.1. The average Bonchev–Trinajstić information content (AvgIpc) is 2.68. The number of thiocarbonyl (C=S) groups is 1. The zero-order chi connectivity index (χ0) is 19.4. The van der Waals surface area contributed by atoms with Gasteiger partial charge in [-0.2, -0.15) is 0 Å². The molecule has 2 N–H and O–H groups in total. The predicted molar refractivity (Wildman–Crippen MR) is 119 cm³/mol. The Morgan fingerprint density at radius 3 is 2.44 bits per heavy atom. The predicted octanol–water partition coefficient (Wildman–Crippen LogP) is 6.54. The van der Waals surface area contributed by atoms with Crippen molar-refractivity contribution in [3.8, 4) is 0 Å². The second-order valence-electron chi connectivity index (χ2n) is 7.05. The zero-order valence-corrected chi connectivity index (χ0v) is 18.2. The van der Waals surface area contributed by atoms with Crippen LogP contribution in [-0.2, 0) is 5.41 Å². The molecule has 0 aliphatic heterocycles. The lowest BCUT2D eigenvalue weighted by Gasteiger charge is -2.38. The number of hydrogen-bond donors (Lipinski definition) is 2. The third kappa shape index (κ3) is 4.86. The summed E-state index contributed by atoms with van der Waals surface area (Å²) in [5.41, 5.74) is 2.14. The Morgan fingerprint density at radius 2 is 1.78 bits per heavy atom. The number of nitrogens with one attached hydrogen (secondary N) is 2. The van der Waals surface area contributed by atoms with E-state index in [0.29, 0.717) is 21.0 Å². The van der Waals surface area contributed by atoms with Crippen LogP contribution in [0.1, 0.15) is 43.2 Å².